The minimum atomic E-state index is -4.49. The fourth-order valence-electron chi connectivity index (χ4n) is 1.60. The molecule has 0 heterocycles. The Morgan fingerprint density at radius 1 is 1.28 bits per heavy atom. The van der Waals surface area contributed by atoms with E-state index in [0.717, 1.165) is 19.2 Å². The molecule has 0 aliphatic heterocycles. The van der Waals surface area contributed by atoms with Crippen molar-refractivity contribution in [2.24, 2.45) is 0 Å². The van der Waals surface area contributed by atoms with Crippen LogP contribution in [-0.4, -0.2) is 46.8 Å². The largest absolute Gasteiger partial charge is 0.508 e. The second kappa shape index (κ2) is 9.54. The van der Waals surface area contributed by atoms with Crippen LogP contribution in [0.1, 0.15) is 6.42 Å². The molecule has 1 N–H and O–H groups in total. The molecule has 0 saturated carbocycles. The van der Waals surface area contributed by atoms with Crippen LogP contribution in [0.4, 0.5) is 9.18 Å². The molecule has 1 aromatic rings. The third kappa shape index (κ3) is 6.59. The molecule has 7 nitrogen and oxygen atoms in total. The third-order valence-electron chi connectivity index (χ3n) is 2.73. The van der Waals surface area contributed by atoms with Gasteiger partial charge in [-0.05, 0) is 12.1 Å². The van der Waals surface area contributed by atoms with Crippen LogP contribution in [0, 0.1) is 5.41 Å². The third-order valence-corrected chi connectivity index (χ3v) is 5.28. The SMILES string of the molecule is COC(=O)OC[C@H](C[C@H](F)C=N)OS(=O)(=O)c1cc(Cl)c(Cl)cc1Cl. The van der Waals surface area contributed by atoms with Crippen molar-refractivity contribution in [2.75, 3.05) is 13.7 Å². The maximum Gasteiger partial charge on any atom is 0.508 e. The second-order valence-electron chi connectivity index (χ2n) is 4.55. The lowest BCUT2D eigenvalue weighted by Gasteiger charge is -2.18. The zero-order valence-corrected chi connectivity index (χ0v) is 15.8. The number of hydrogen-bond donors (Lipinski definition) is 1. The van der Waals surface area contributed by atoms with E-state index in [0.29, 0.717) is 6.21 Å². The van der Waals surface area contributed by atoms with Crippen molar-refractivity contribution in [1.29, 1.82) is 5.41 Å². The number of hydrogen-bond acceptors (Lipinski definition) is 7. The van der Waals surface area contributed by atoms with Gasteiger partial charge in [0.1, 0.15) is 23.8 Å². The van der Waals surface area contributed by atoms with Gasteiger partial charge in [0.05, 0.1) is 22.2 Å². The fraction of sp³-hybridized carbons (Fsp3) is 0.385. The van der Waals surface area contributed by atoms with Crippen LogP contribution in [0.15, 0.2) is 17.0 Å². The second-order valence-corrected chi connectivity index (χ2v) is 7.31. The molecule has 0 saturated heterocycles. The molecular weight excluding hydrogens is 424 g/mol. The van der Waals surface area contributed by atoms with Gasteiger partial charge >= 0.3 is 6.16 Å². The lowest BCUT2D eigenvalue weighted by atomic mass is 10.2. The molecule has 0 aliphatic rings. The van der Waals surface area contributed by atoms with E-state index in [1.807, 2.05) is 0 Å². The maximum atomic E-state index is 13.4. The van der Waals surface area contributed by atoms with Crippen LogP contribution < -0.4 is 0 Å². The van der Waals surface area contributed by atoms with Gasteiger partial charge in [0.15, 0.2) is 0 Å². The molecule has 0 radical (unpaired) electrons. The minimum absolute atomic E-state index is 0.0313. The number of benzene rings is 1. The van der Waals surface area contributed by atoms with Crippen molar-refractivity contribution in [3.05, 3.63) is 27.2 Å². The molecule has 1 aromatic carbocycles. The Labute approximate surface area is 158 Å². The lowest BCUT2D eigenvalue weighted by Crippen LogP contribution is -2.29. The predicted octanol–water partition coefficient (Wildman–Crippen LogP) is 3.88. The van der Waals surface area contributed by atoms with Crippen LogP contribution in [0.25, 0.3) is 0 Å². The zero-order valence-electron chi connectivity index (χ0n) is 12.7. The highest BCUT2D eigenvalue weighted by Crippen LogP contribution is 2.33. The number of ether oxygens (including phenoxy) is 2. The van der Waals surface area contributed by atoms with Crippen molar-refractivity contribution in [2.45, 2.75) is 23.6 Å². The van der Waals surface area contributed by atoms with Crippen molar-refractivity contribution < 1.29 is 31.3 Å². The number of alkyl halides is 1. The fourth-order valence-corrected chi connectivity index (χ4v) is 3.65. The first-order valence-electron chi connectivity index (χ1n) is 6.54. The van der Waals surface area contributed by atoms with Gasteiger partial charge in [-0.2, -0.15) is 8.42 Å². The summed E-state index contributed by atoms with van der Waals surface area (Å²) in [4.78, 5) is 10.5. The molecule has 25 heavy (non-hydrogen) atoms. The summed E-state index contributed by atoms with van der Waals surface area (Å²) in [6, 6.07) is 2.08. The first-order chi connectivity index (χ1) is 11.6. The van der Waals surface area contributed by atoms with Gasteiger partial charge in [-0.25, -0.2) is 9.18 Å². The Balaban J connectivity index is 3.05. The van der Waals surface area contributed by atoms with Crippen molar-refractivity contribution in [3.63, 3.8) is 0 Å². The minimum Gasteiger partial charge on any atom is -0.438 e. The van der Waals surface area contributed by atoms with Crippen LogP contribution in [0.5, 0.6) is 0 Å². The number of halogens is 4. The molecule has 12 heteroatoms. The summed E-state index contributed by atoms with van der Waals surface area (Å²) >= 11 is 17.3. The molecule has 0 fully saturated rings. The molecule has 1 rings (SSSR count). The Morgan fingerprint density at radius 2 is 1.88 bits per heavy atom. The molecule has 0 aromatic heterocycles. The van der Waals surface area contributed by atoms with Gasteiger partial charge in [-0.15, -0.1) is 0 Å². The highest BCUT2D eigenvalue weighted by atomic mass is 35.5. The normalized spacial score (nSPS) is 13.8. The Hall–Kier alpha value is -1.13. The van der Waals surface area contributed by atoms with Crippen molar-refractivity contribution in [1.82, 2.24) is 0 Å². The Morgan fingerprint density at radius 3 is 2.44 bits per heavy atom. The molecule has 0 amide bonds. The van der Waals surface area contributed by atoms with Gasteiger partial charge in [0, 0.05) is 12.6 Å². The first-order valence-corrected chi connectivity index (χ1v) is 9.08. The number of rotatable bonds is 8. The van der Waals surface area contributed by atoms with Crippen molar-refractivity contribution in [3.8, 4) is 0 Å². The van der Waals surface area contributed by atoms with Gasteiger partial charge in [-0.1, -0.05) is 34.8 Å². The first kappa shape index (κ1) is 21.9. The molecular formula is C13H13Cl3FNO6S. The van der Waals surface area contributed by atoms with Gasteiger partial charge in [-0.3, -0.25) is 4.18 Å². The zero-order chi connectivity index (χ0) is 19.2. The Bertz CT molecular complexity index is 746. The van der Waals surface area contributed by atoms with Crippen molar-refractivity contribution >= 4 is 57.3 Å². The predicted molar refractivity (Wildman–Crippen MR) is 90.2 cm³/mol. The van der Waals surface area contributed by atoms with E-state index >= 15 is 0 Å². The van der Waals surface area contributed by atoms with E-state index in [-0.39, 0.29) is 15.1 Å². The maximum absolute atomic E-state index is 13.4. The van der Waals surface area contributed by atoms with Gasteiger partial charge in [0.25, 0.3) is 10.1 Å². The van der Waals surface area contributed by atoms with Crippen LogP contribution >= 0.6 is 34.8 Å². The lowest BCUT2D eigenvalue weighted by molar-refractivity contribution is 0.0330. The van der Waals surface area contributed by atoms with Crippen LogP contribution in [0.2, 0.25) is 15.1 Å². The van der Waals surface area contributed by atoms with E-state index in [2.05, 4.69) is 9.47 Å². The summed E-state index contributed by atoms with van der Waals surface area (Å²) in [6.07, 6.45) is -4.45. The van der Waals surface area contributed by atoms with E-state index in [9.17, 15) is 17.6 Å². The standard InChI is InChI=1S/C13H13Cl3FNO6S/c1-22-13(19)23-6-8(2-7(17)5-18)24-25(20,21)12-4-10(15)9(14)3-11(12)16/h3-5,7-8,18H,2,6H2,1H3/t7-,8-/m0/s1. The monoisotopic (exact) mass is 435 g/mol. The number of carbonyl (C=O) groups excluding carboxylic acids is 1. The smallest absolute Gasteiger partial charge is 0.438 e. The average molecular weight is 437 g/mol. The molecule has 0 unspecified atom stereocenters. The number of methoxy groups -OCH3 is 1. The highest BCUT2D eigenvalue weighted by molar-refractivity contribution is 7.87. The van der Waals surface area contributed by atoms with Gasteiger partial charge < -0.3 is 14.9 Å². The Kier molecular flexibility index (Phi) is 8.36. The van der Waals surface area contributed by atoms with E-state index in [4.69, 9.17) is 44.4 Å². The van der Waals surface area contributed by atoms with E-state index in [1.54, 1.807) is 0 Å². The summed E-state index contributed by atoms with van der Waals surface area (Å²) in [6.45, 7) is -0.626. The van der Waals surface area contributed by atoms with Crippen LogP contribution in [-0.2, 0) is 23.8 Å². The summed E-state index contributed by atoms with van der Waals surface area (Å²) in [5.74, 6) is 0. The molecule has 0 spiro atoms. The summed E-state index contributed by atoms with van der Waals surface area (Å²) in [5.41, 5.74) is 0. The summed E-state index contributed by atoms with van der Waals surface area (Å²) in [7, 11) is -3.45. The van der Waals surface area contributed by atoms with E-state index in [1.165, 1.54) is 0 Å². The summed E-state index contributed by atoms with van der Waals surface area (Å²) in [5, 5.41) is 6.53. The van der Waals surface area contributed by atoms with Crippen LogP contribution in [0.3, 0.4) is 0 Å². The molecule has 2 atom stereocenters. The summed E-state index contributed by atoms with van der Waals surface area (Å²) < 4.78 is 51.8. The topological polar surface area (TPSA) is 103 Å². The molecule has 140 valence electrons. The molecule has 0 aliphatic carbocycles. The number of nitrogens with one attached hydrogen (secondary N) is 1. The van der Waals surface area contributed by atoms with Gasteiger partial charge in [0.2, 0.25) is 0 Å². The number of carbonyl (C=O) groups is 1. The average Bonchev–Trinajstić information content (AvgIpc) is 2.54. The quantitative estimate of drug-likeness (QED) is 0.287. The molecule has 0 bridgehead atoms. The highest BCUT2D eigenvalue weighted by Gasteiger charge is 2.28. The van der Waals surface area contributed by atoms with E-state index < -0.39 is 46.5 Å².